The third-order valence-corrected chi connectivity index (χ3v) is 3.59. The van der Waals surface area contributed by atoms with E-state index in [4.69, 9.17) is 4.42 Å². The Balaban J connectivity index is 2.09. The number of benzene rings is 1. The fraction of sp³-hybridized carbons (Fsp3) is 0. The van der Waals surface area contributed by atoms with Crippen molar-refractivity contribution in [3.8, 4) is 11.1 Å². The minimum Gasteiger partial charge on any atom is -0.460 e. The van der Waals surface area contributed by atoms with Crippen LogP contribution in [0.5, 0.6) is 0 Å². The number of nitrogens with zero attached hydrogens (tertiary/aromatic N) is 1. The number of pyridine rings is 1. The van der Waals surface area contributed by atoms with Crippen LogP contribution in [0.2, 0.25) is 0 Å². The van der Waals surface area contributed by atoms with Gasteiger partial charge in [0.05, 0.1) is 17.2 Å². The van der Waals surface area contributed by atoms with E-state index in [1.165, 1.54) is 6.26 Å². The van der Waals surface area contributed by atoms with Gasteiger partial charge < -0.3 is 4.42 Å². The monoisotopic (exact) mass is 273 g/mol. The Hall–Kier alpha value is -2.94. The van der Waals surface area contributed by atoms with E-state index in [1.807, 2.05) is 48.5 Å². The van der Waals surface area contributed by atoms with Gasteiger partial charge in [0.2, 0.25) is 5.43 Å². The van der Waals surface area contributed by atoms with Gasteiger partial charge in [0.25, 0.3) is 0 Å². The molecule has 0 saturated carbocycles. The van der Waals surface area contributed by atoms with Crippen molar-refractivity contribution in [2.45, 2.75) is 0 Å². The third kappa shape index (κ3) is 1.91. The predicted molar refractivity (Wildman–Crippen MR) is 83.2 cm³/mol. The minimum absolute atomic E-state index is 0.125. The van der Waals surface area contributed by atoms with Gasteiger partial charge in [-0.1, -0.05) is 30.3 Å². The summed E-state index contributed by atoms with van der Waals surface area (Å²) >= 11 is 0. The summed E-state index contributed by atoms with van der Waals surface area (Å²) < 4.78 is 5.32. The molecule has 0 aliphatic carbocycles. The summed E-state index contributed by atoms with van der Waals surface area (Å²) in [4.78, 5) is 17.0. The molecule has 0 saturated heterocycles. The Morgan fingerprint density at radius 1 is 0.905 bits per heavy atom. The zero-order chi connectivity index (χ0) is 14.2. The largest absolute Gasteiger partial charge is 0.460 e. The fourth-order valence-corrected chi connectivity index (χ4v) is 2.50. The Morgan fingerprint density at radius 2 is 1.76 bits per heavy atom. The maximum Gasteiger partial charge on any atom is 0.230 e. The number of hydrogen-bond acceptors (Lipinski definition) is 3. The number of aromatic nitrogens is 1. The van der Waals surface area contributed by atoms with E-state index in [0.717, 1.165) is 16.5 Å². The van der Waals surface area contributed by atoms with Gasteiger partial charge in [-0.15, -0.1) is 0 Å². The number of rotatable bonds is 1. The standard InChI is InChI=1S/C18H11NO2/c20-17-15-10-14(12-4-2-1-3-5-12)11-19-16(15)7-6-13-8-9-21-18(13)17/h1-11H. The summed E-state index contributed by atoms with van der Waals surface area (Å²) in [6, 6.07) is 17.3. The molecule has 0 spiro atoms. The van der Waals surface area contributed by atoms with E-state index in [1.54, 1.807) is 12.3 Å². The van der Waals surface area contributed by atoms with E-state index in [9.17, 15) is 4.79 Å². The lowest BCUT2D eigenvalue weighted by Crippen LogP contribution is -1.98. The van der Waals surface area contributed by atoms with Crippen molar-refractivity contribution in [1.82, 2.24) is 4.98 Å². The first-order valence-corrected chi connectivity index (χ1v) is 6.69. The molecule has 0 radical (unpaired) electrons. The molecule has 21 heavy (non-hydrogen) atoms. The van der Waals surface area contributed by atoms with Gasteiger partial charge in [0.15, 0.2) is 5.58 Å². The molecule has 0 atom stereocenters. The van der Waals surface area contributed by atoms with Gasteiger partial charge in [-0.2, -0.15) is 0 Å². The zero-order valence-electron chi connectivity index (χ0n) is 11.1. The summed E-state index contributed by atoms with van der Waals surface area (Å²) in [6.07, 6.45) is 3.32. The second kappa shape index (κ2) is 4.56. The Morgan fingerprint density at radius 3 is 2.62 bits per heavy atom. The number of furan rings is 1. The quantitative estimate of drug-likeness (QED) is 0.526. The molecule has 2 heterocycles. The van der Waals surface area contributed by atoms with E-state index in [0.29, 0.717) is 16.5 Å². The SMILES string of the molecule is O=c1c2cc(-c3ccccc3)cnc2ccc2ccoc12. The van der Waals surface area contributed by atoms with Crippen LogP contribution in [0.1, 0.15) is 0 Å². The van der Waals surface area contributed by atoms with Crippen molar-refractivity contribution < 1.29 is 4.42 Å². The lowest BCUT2D eigenvalue weighted by Gasteiger charge is -2.01. The summed E-state index contributed by atoms with van der Waals surface area (Å²) in [6.45, 7) is 0. The van der Waals surface area contributed by atoms with Gasteiger partial charge in [-0.25, -0.2) is 0 Å². The van der Waals surface area contributed by atoms with Crippen molar-refractivity contribution in [2.24, 2.45) is 0 Å². The Bertz CT molecular complexity index is 1000. The molecule has 0 aliphatic heterocycles. The lowest BCUT2D eigenvalue weighted by molar-refractivity contribution is 0.614. The smallest absolute Gasteiger partial charge is 0.230 e. The van der Waals surface area contributed by atoms with Crippen LogP contribution in [0, 0.1) is 0 Å². The first-order valence-electron chi connectivity index (χ1n) is 6.69. The number of hydrogen-bond donors (Lipinski definition) is 0. The molecule has 0 amide bonds. The molecule has 3 heteroatoms. The van der Waals surface area contributed by atoms with E-state index < -0.39 is 0 Å². The van der Waals surface area contributed by atoms with Crippen LogP contribution in [0.4, 0.5) is 0 Å². The highest BCUT2D eigenvalue weighted by atomic mass is 16.3. The highest BCUT2D eigenvalue weighted by Gasteiger charge is 2.07. The van der Waals surface area contributed by atoms with Crippen LogP contribution < -0.4 is 5.43 Å². The molecule has 0 aliphatic rings. The predicted octanol–water partition coefficient (Wildman–Crippen LogP) is 4.01. The van der Waals surface area contributed by atoms with Gasteiger partial charge >= 0.3 is 0 Å². The van der Waals surface area contributed by atoms with Crippen LogP contribution in [-0.2, 0) is 0 Å². The molecule has 2 aromatic heterocycles. The van der Waals surface area contributed by atoms with Crippen molar-refractivity contribution in [1.29, 1.82) is 0 Å². The minimum atomic E-state index is -0.125. The highest BCUT2D eigenvalue weighted by molar-refractivity contribution is 5.90. The zero-order valence-corrected chi connectivity index (χ0v) is 11.1. The number of fused-ring (bicyclic) bond motifs is 2. The third-order valence-electron chi connectivity index (χ3n) is 3.59. The second-order valence-electron chi connectivity index (χ2n) is 4.89. The molecule has 0 unspecified atom stereocenters. The van der Waals surface area contributed by atoms with Gasteiger partial charge in [0, 0.05) is 17.1 Å². The fourth-order valence-electron chi connectivity index (χ4n) is 2.50. The summed E-state index contributed by atoms with van der Waals surface area (Å²) in [5, 5.41) is 1.36. The van der Waals surface area contributed by atoms with Crippen LogP contribution in [0.3, 0.4) is 0 Å². The molecule has 3 nitrogen and oxygen atoms in total. The Kier molecular flexibility index (Phi) is 2.57. The normalized spacial score (nSPS) is 11.0. The van der Waals surface area contributed by atoms with E-state index in [-0.39, 0.29) is 5.43 Å². The second-order valence-corrected chi connectivity index (χ2v) is 4.89. The van der Waals surface area contributed by atoms with Crippen LogP contribution in [-0.4, -0.2) is 4.98 Å². The van der Waals surface area contributed by atoms with Crippen molar-refractivity contribution in [3.05, 3.63) is 77.3 Å². The van der Waals surface area contributed by atoms with Gasteiger partial charge in [-0.3, -0.25) is 9.78 Å². The van der Waals surface area contributed by atoms with Crippen molar-refractivity contribution in [3.63, 3.8) is 0 Å². The maximum absolute atomic E-state index is 12.6. The molecular formula is C18H11NO2. The average molecular weight is 273 g/mol. The first kappa shape index (κ1) is 11.9. The van der Waals surface area contributed by atoms with Crippen molar-refractivity contribution >= 4 is 21.9 Å². The molecule has 0 fully saturated rings. The molecule has 0 bridgehead atoms. The molecule has 100 valence electrons. The highest BCUT2D eigenvalue weighted by Crippen LogP contribution is 2.22. The van der Waals surface area contributed by atoms with Gasteiger partial charge in [0.1, 0.15) is 0 Å². The average Bonchev–Trinajstić information content (AvgIpc) is 2.97. The molecular weight excluding hydrogens is 262 g/mol. The maximum atomic E-state index is 12.6. The Labute approximate surface area is 120 Å². The van der Waals surface area contributed by atoms with Crippen LogP contribution in [0.25, 0.3) is 33.0 Å². The summed E-state index contributed by atoms with van der Waals surface area (Å²) in [5.74, 6) is 0. The summed E-state index contributed by atoms with van der Waals surface area (Å²) in [5.41, 5.74) is 2.88. The topological polar surface area (TPSA) is 43.1 Å². The van der Waals surface area contributed by atoms with E-state index in [2.05, 4.69) is 4.98 Å². The lowest BCUT2D eigenvalue weighted by atomic mass is 10.1. The molecule has 4 rings (SSSR count). The van der Waals surface area contributed by atoms with Gasteiger partial charge in [-0.05, 0) is 29.8 Å². The molecule has 0 N–H and O–H groups in total. The van der Waals surface area contributed by atoms with Crippen molar-refractivity contribution in [2.75, 3.05) is 0 Å². The molecule has 4 aromatic rings. The van der Waals surface area contributed by atoms with E-state index >= 15 is 0 Å². The molecule has 2 aromatic carbocycles. The summed E-state index contributed by atoms with van der Waals surface area (Å²) in [7, 11) is 0. The van der Waals surface area contributed by atoms with Crippen LogP contribution in [0.15, 0.2) is 76.3 Å². The first-order chi connectivity index (χ1) is 10.3. The van der Waals surface area contributed by atoms with Crippen LogP contribution >= 0.6 is 0 Å².